The molecule has 0 bridgehead atoms. The molecule has 2 aromatic carbocycles. The Labute approximate surface area is 187 Å². The van der Waals surface area contributed by atoms with Crippen LogP contribution in [0.15, 0.2) is 67.4 Å². The number of rotatable bonds is 5. The molecule has 0 saturated carbocycles. The molecule has 3 heterocycles. The minimum atomic E-state index is -0.441. The Hall–Kier alpha value is -4.31. The average Bonchev–Trinajstić information content (AvgIpc) is 3.23. The third-order valence-electron chi connectivity index (χ3n) is 4.75. The number of aromatic nitrogens is 5. The van der Waals surface area contributed by atoms with Gasteiger partial charge in [0.2, 0.25) is 0 Å². The van der Waals surface area contributed by atoms with E-state index >= 15 is 0 Å². The van der Waals surface area contributed by atoms with Crippen LogP contribution in [-0.4, -0.2) is 29.5 Å². The smallest absolute Gasteiger partial charge is 0.270 e. The van der Waals surface area contributed by atoms with Gasteiger partial charge in [-0.3, -0.25) is 10.1 Å². The maximum Gasteiger partial charge on any atom is 0.270 e. The van der Waals surface area contributed by atoms with E-state index < -0.39 is 4.92 Å². The first-order valence-electron chi connectivity index (χ1n) is 9.31. The summed E-state index contributed by atoms with van der Waals surface area (Å²) >= 11 is 0. The van der Waals surface area contributed by atoms with Crippen LogP contribution in [0.5, 0.6) is 11.5 Å². The number of nitro benzene ring substituents is 1. The number of nitro groups is 1. The van der Waals surface area contributed by atoms with Gasteiger partial charge in [0.05, 0.1) is 10.4 Å². The molecule has 0 radical (unpaired) electrons. The molecule has 0 saturated heterocycles. The molecular formula is C21H16ClN7O3. The number of ether oxygens (including phenoxy) is 1. The van der Waals surface area contributed by atoms with Crippen molar-refractivity contribution < 1.29 is 9.66 Å². The lowest BCUT2D eigenvalue weighted by atomic mass is 10.1. The molecule has 5 aromatic rings. The van der Waals surface area contributed by atoms with Crippen LogP contribution in [0.2, 0.25) is 0 Å². The van der Waals surface area contributed by atoms with Gasteiger partial charge in [-0.25, -0.2) is 19.5 Å². The fourth-order valence-electron chi connectivity index (χ4n) is 3.22. The Morgan fingerprint density at radius 2 is 1.91 bits per heavy atom. The maximum absolute atomic E-state index is 11.1. The van der Waals surface area contributed by atoms with Crippen LogP contribution in [0, 0.1) is 17.0 Å². The third kappa shape index (κ3) is 3.98. The van der Waals surface area contributed by atoms with Crippen molar-refractivity contribution in [2.75, 3.05) is 5.32 Å². The zero-order valence-corrected chi connectivity index (χ0v) is 17.5. The predicted molar refractivity (Wildman–Crippen MR) is 121 cm³/mol. The lowest BCUT2D eigenvalue weighted by Crippen LogP contribution is -1.98. The van der Waals surface area contributed by atoms with Crippen molar-refractivity contribution in [3.05, 3.63) is 83.1 Å². The highest BCUT2D eigenvalue weighted by Crippen LogP contribution is 2.31. The van der Waals surface area contributed by atoms with E-state index in [1.54, 1.807) is 22.8 Å². The van der Waals surface area contributed by atoms with Crippen LogP contribution < -0.4 is 10.1 Å². The van der Waals surface area contributed by atoms with Crippen LogP contribution in [0.4, 0.5) is 17.2 Å². The van der Waals surface area contributed by atoms with Crippen LogP contribution in [0.1, 0.15) is 5.56 Å². The largest absolute Gasteiger partial charge is 0.457 e. The van der Waals surface area contributed by atoms with E-state index in [0.29, 0.717) is 33.9 Å². The Morgan fingerprint density at radius 1 is 1.03 bits per heavy atom. The number of anilines is 2. The Balaban J connectivity index is 0.00000245. The van der Waals surface area contributed by atoms with E-state index in [1.807, 2.05) is 31.2 Å². The monoisotopic (exact) mass is 449 g/mol. The highest BCUT2D eigenvalue weighted by Gasteiger charge is 2.12. The lowest BCUT2D eigenvalue weighted by Gasteiger charge is -2.12. The molecule has 0 aliphatic carbocycles. The van der Waals surface area contributed by atoms with Crippen molar-refractivity contribution in [3.63, 3.8) is 0 Å². The topological polar surface area (TPSA) is 120 Å². The van der Waals surface area contributed by atoms with Crippen molar-refractivity contribution in [1.82, 2.24) is 24.6 Å². The van der Waals surface area contributed by atoms with Crippen LogP contribution in [0.3, 0.4) is 0 Å². The first-order chi connectivity index (χ1) is 15.1. The second-order valence-corrected chi connectivity index (χ2v) is 6.81. The van der Waals surface area contributed by atoms with Gasteiger partial charge in [-0.2, -0.15) is 5.10 Å². The lowest BCUT2D eigenvalue weighted by molar-refractivity contribution is -0.384. The number of hydrogen-bond donors (Lipinski definition) is 1. The number of benzene rings is 2. The molecule has 0 atom stereocenters. The van der Waals surface area contributed by atoms with E-state index in [-0.39, 0.29) is 18.1 Å². The average molecular weight is 450 g/mol. The summed E-state index contributed by atoms with van der Waals surface area (Å²) in [6.45, 7) is 1.93. The summed E-state index contributed by atoms with van der Waals surface area (Å²) in [5, 5.41) is 19.0. The van der Waals surface area contributed by atoms with Gasteiger partial charge in [-0.15, -0.1) is 12.4 Å². The minimum absolute atomic E-state index is 0. The number of halogens is 1. The van der Waals surface area contributed by atoms with Crippen molar-refractivity contribution in [2.45, 2.75) is 6.92 Å². The van der Waals surface area contributed by atoms with E-state index in [1.165, 1.54) is 24.8 Å². The quantitative estimate of drug-likeness (QED) is 0.298. The maximum atomic E-state index is 11.1. The fourth-order valence-corrected chi connectivity index (χ4v) is 3.22. The summed E-state index contributed by atoms with van der Waals surface area (Å²) in [6, 6.07) is 13.7. The molecule has 0 fully saturated rings. The molecule has 32 heavy (non-hydrogen) atoms. The highest BCUT2D eigenvalue weighted by molar-refractivity contribution is 5.92. The Kier molecular flexibility index (Phi) is 5.52. The number of fused-ring (bicyclic) bond motifs is 2. The Bertz CT molecular complexity index is 1450. The molecule has 1 N–H and O–H groups in total. The molecule has 0 aliphatic rings. The van der Waals surface area contributed by atoms with E-state index in [4.69, 9.17) is 4.74 Å². The number of aryl methyl sites for hydroxylation is 1. The van der Waals surface area contributed by atoms with Crippen molar-refractivity contribution in [3.8, 4) is 11.5 Å². The molecule has 160 valence electrons. The minimum Gasteiger partial charge on any atom is -0.457 e. The number of non-ortho nitro benzene ring substituents is 1. The van der Waals surface area contributed by atoms with Crippen LogP contribution in [-0.2, 0) is 0 Å². The number of hydrogen-bond acceptors (Lipinski definition) is 8. The van der Waals surface area contributed by atoms with Gasteiger partial charge in [0.1, 0.15) is 30.0 Å². The molecule has 11 heteroatoms. The molecule has 0 amide bonds. The second kappa shape index (κ2) is 8.44. The van der Waals surface area contributed by atoms with Gasteiger partial charge in [-0.05, 0) is 42.8 Å². The fraction of sp³-hybridized carbons (Fsp3) is 0.0476. The van der Waals surface area contributed by atoms with Crippen molar-refractivity contribution in [2.24, 2.45) is 0 Å². The summed E-state index contributed by atoms with van der Waals surface area (Å²) < 4.78 is 7.65. The molecule has 3 aromatic heterocycles. The normalized spacial score (nSPS) is 10.7. The first-order valence-corrected chi connectivity index (χ1v) is 9.31. The number of nitrogens with zero attached hydrogens (tertiary/aromatic N) is 6. The van der Waals surface area contributed by atoms with Gasteiger partial charge < -0.3 is 10.1 Å². The summed E-state index contributed by atoms with van der Waals surface area (Å²) in [7, 11) is 0. The van der Waals surface area contributed by atoms with Gasteiger partial charge in [0.25, 0.3) is 5.69 Å². The second-order valence-electron chi connectivity index (χ2n) is 6.81. The molecule has 5 rings (SSSR count). The number of pyridine rings is 1. The van der Waals surface area contributed by atoms with Crippen LogP contribution >= 0.6 is 12.4 Å². The zero-order chi connectivity index (χ0) is 21.4. The van der Waals surface area contributed by atoms with Crippen LogP contribution in [0.25, 0.3) is 16.6 Å². The first kappa shape index (κ1) is 20.9. The SMILES string of the molecule is Cc1cc(Nc2ncnc3ccc([N+](=O)[O-])cc23)ccc1Oc1ccn2ncnc2c1.Cl. The van der Waals surface area contributed by atoms with E-state index in [2.05, 4.69) is 25.4 Å². The van der Waals surface area contributed by atoms with E-state index in [9.17, 15) is 10.1 Å². The summed E-state index contributed by atoms with van der Waals surface area (Å²) in [4.78, 5) is 23.3. The molecule has 0 spiro atoms. The van der Waals surface area contributed by atoms with Gasteiger partial charge in [0.15, 0.2) is 5.65 Å². The highest BCUT2D eigenvalue weighted by atomic mass is 35.5. The third-order valence-corrected chi connectivity index (χ3v) is 4.75. The molecular weight excluding hydrogens is 434 g/mol. The Morgan fingerprint density at radius 3 is 2.72 bits per heavy atom. The van der Waals surface area contributed by atoms with E-state index in [0.717, 1.165) is 11.3 Å². The van der Waals surface area contributed by atoms with Crippen molar-refractivity contribution >= 4 is 46.1 Å². The zero-order valence-electron chi connectivity index (χ0n) is 16.7. The van der Waals surface area contributed by atoms with Gasteiger partial charge in [0, 0.05) is 35.5 Å². The van der Waals surface area contributed by atoms with Gasteiger partial charge in [-0.1, -0.05) is 0 Å². The summed E-state index contributed by atoms with van der Waals surface area (Å²) in [5.74, 6) is 1.83. The predicted octanol–water partition coefficient (Wildman–Crippen LogP) is 4.85. The summed E-state index contributed by atoms with van der Waals surface area (Å²) in [6.07, 6.45) is 4.68. The number of nitrogens with one attached hydrogen (secondary N) is 1. The molecule has 0 aliphatic heterocycles. The standard InChI is InChI=1S/C21H15N7O3.ClH/c1-13-8-14(2-5-19(13)31-16-6-7-27-20(10-16)23-12-25-27)26-21-17-9-15(28(29)30)3-4-18(17)22-11-24-21;/h2-12H,1H3,(H,22,24,26);1H. The summed E-state index contributed by atoms with van der Waals surface area (Å²) in [5.41, 5.74) is 2.96. The van der Waals surface area contributed by atoms with Crippen molar-refractivity contribution in [1.29, 1.82) is 0 Å². The van der Waals surface area contributed by atoms with Gasteiger partial charge >= 0.3 is 0 Å². The molecule has 0 unspecified atom stereocenters. The molecule has 10 nitrogen and oxygen atoms in total.